The van der Waals surface area contributed by atoms with Crippen LogP contribution in [0.2, 0.25) is 0 Å². The van der Waals surface area contributed by atoms with Crippen molar-refractivity contribution in [1.82, 2.24) is 10.2 Å². The molecule has 0 radical (unpaired) electrons. The van der Waals surface area contributed by atoms with Gasteiger partial charge in [-0.05, 0) is 26.8 Å². The van der Waals surface area contributed by atoms with Crippen LogP contribution in [0.1, 0.15) is 33.1 Å². The third kappa shape index (κ3) is 4.09. The zero-order valence-electron chi connectivity index (χ0n) is 10.6. The monoisotopic (exact) mass is 214 g/mol. The Hall–Kier alpha value is -0.120. The highest BCUT2D eigenvalue weighted by Crippen LogP contribution is 2.12. The minimum Gasteiger partial charge on any atom is -0.380 e. The van der Waals surface area contributed by atoms with E-state index in [0.717, 1.165) is 19.5 Å². The molecule has 3 unspecified atom stereocenters. The van der Waals surface area contributed by atoms with Crippen molar-refractivity contribution in [2.45, 2.75) is 51.3 Å². The molecule has 90 valence electrons. The van der Waals surface area contributed by atoms with Crippen LogP contribution in [0.5, 0.6) is 0 Å². The topological polar surface area (TPSA) is 24.5 Å². The van der Waals surface area contributed by atoms with Crippen molar-refractivity contribution in [3.05, 3.63) is 0 Å². The van der Waals surface area contributed by atoms with E-state index in [1.807, 2.05) is 0 Å². The van der Waals surface area contributed by atoms with Gasteiger partial charge >= 0.3 is 0 Å². The van der Waals surface area contributed by atoms with Crippen LogP contribution in [-0.2, 0) is 4.74 Å². The second-order valence-corrected chi connectivity index (χ2v) is 4.78. The predicted octanol–water partition coefficient (Wildman–Crippen LogP) is 1.48. The molecule has 0 bridgehead atoms. The van der Waals surface area contributed by atoms with Gasteiger partial charge in [-0.15, -0.1) is 0 Å². The molecule has 3 atom stereocenters. The van der Waals surface area contributed by atoms with Gasteiger partial charge in [0, 0.05) is 32.3 Å². The third-order valence-corrected chi connectivity index (χ3v) is 3.48. The van der Waals surface area contributed by atoms with Crippen LogP contribution in [0.3, 0.4) is 0 Å². The molecule has 1 rings (SSSR count). The molecule has 1 heterocycles. The van der Waals surface area contributed by atoms with Crippen LogP contribution in [0.4, 0.5) is 0 Å². The maximum atomic E-state index is 5.35. The van der Waals surface area contributed by atoms with Crippen LogP contribution < -0.4 is 5.32 Å². The fourth-order valence-electron chi connectivity index (χ4n) is 2.27. The largest absolute Gasteiger partial charge is 0.380 e. The molecule has 0 aromatic rings. The number of nitrogens with one attached hydrogen (secondary N) is 1. The molecule has 3 heteroatoms. The molecule has 0 saturated carbocycles. The van der Waals surface area contributed by atoms with Crippen molar-refractivity contribution in [3.8, 4) is 0 Å². The van der Waals surface area contributed by atoms with Gasteiger partial charge < -0.3 is 15.0 Å². The molecule has 1 saturated heterocycles. The summed E-state index contributed by atoms with van der Waals surface area (Å²) in [6.07, 6.45) is 4.13. The summed E-state index contributed by atoms with van der Waals surface area (Å²) in [6, 6.07) is 1.30. The average molecular weight is 214 g/mol. The predicted molar refractivity (Wildman–Crippen MR) is 64.2 cm³/mol. The fourth-order valence-corrected chi connectivity index (χ4v) is 2.27. The Kier molecular flexibility index (Phi) is 5.58. The van der Waals surface area contributed by atoms with E-state index in [9.17, 15) is 0 Å². The van der Waals surface area contributed by atoms with Crippen LogP contribution in [0.25, 0.3) is 0 Å². The van der Waals surface area contributed by atoms with Gasteiger partial charge in [0.25, 0.3) is 0 Å². The highest BCUT2D eigenvalue weighted by molar-refractivity contribution is 4.84. The van der Waals surface area contributed by atoms with Gasteiger partial charge in [-0.1, -0.05) is 13.3 Å². The van der Waals surface area contributed by atoms with E-state index in [4.69, 9.17) is 4.74 Å². The summed E-state index contributed by atoms with van der Waals surface area (Å²) in [5.74, 6) is 0. The molecule has 1 aliphatic heterocycles. The molecule has 1 N–H and O–H groups in total. The van der Waals surface area contributed by atoms with Crippen molar-refractivity contribution in [3.63, 3.8) is 0 Å². The summed E-state index contributed by atoms with van der Waals surface area (Å²) in [5, 5.41) is 3.52. The molecule has 0 aromatic carbocycles. The van der Waals surface area contributed by atoms with Crippen molar-refractivity contribution in [1.29, 1.82) is 0 Å². The Balaban J connectivity index is 2.23. The van der Waals surface area contributed by atoms with E-state index < -0.39 is 0 Å². The van der Waals surface area contributed by atoms with Crippen molar-refractivity contribution in [2.75, 3.05) is 27.2 Å². The van der Waals surface area contributed by atoms with E-state index in [0.29, 0.717) is 18.2 Å². The number of hydrogen-bond donors (Lipinski definition) is 1. The van der Waals surface area contributed by atoms with E-state index >= 15 is 0 Å². The minimum absolute atomic E-state index is 0.421. The van der Waals surface area contributed by atoms with Crippen molar-refractivity contribution in [2.24, 2.45) is 0 Å². The molecule has 1 fully saturated rings. The Morgan fingerprint density at radius 1 is 1.53 bits per heavy atom. The highest BCUT2D eigenvalue weighted by atomic mass is 16.5. The maximum Gasteiger partial charge on any atom is 0.0711 e. The Bertz CT molecular complexity index is 175. The molecule has 0 aromatic heterocycles. The van der Waals surface area contributed by atoms with E-state index in [2.05, 4.69) is 31.1 Å². The summed E-state index contributed by atoms with van der Waals surface area (Å²) < 4.78 is 5.35. The smallest absolute Gasteiger partial charge is 0.0711 e. The zero-order valence-corrected chi connectivity index (χ0v) is 10.6. The van der Waals surface area contributed by atoms with Crippen LogP contribution in [-0.4, -0.2) is 50.3 Å². The molecular weight excluding hydrogens is 188 g/mol. The number of hydrogen-bond acceptors (Lipinski definition) is 3. The number of nitrogens with zero attached hydrogens (tertiary/aromatic N) is 1. The van der Waals surface area contributed by atoms with Gasteiger partial charge in [0.1, 0.15) is 0 Å². The van der Waals surface area contributed by atoms with Crippen molar-refractivity contribution >= 4 is 0 Å². The zero-order chi connectivity index (χ0) is 11.3. The second kappa shape index (κ2) is 6.46. The lowest BCUT2D eigenvalue weighted by Crippen LogP contribution is -2.39. The second-order valence-electron chi connectivity index (χ2n) is 4.78. The molecule has 0 amide bonds. The number of ether oxygens (including phenoxy) is 1. The number of methoxy groups -OCH3 is 1. The minimum atomic E-state index is 0.421. The summed E-state index contributed by atoms with van der Waals surface area (Å²) >= 11 is 0. The van der Waals surface area contributed by atoms with Gasteiger partial charge in [0.15, 0.2) is 0 Å². The van der Waals surface area contributed by atoms with Gasteiger partial charge in [-0.25, -0.2) is 0 Å². The summed E-state index contributed by atoms with van der Waals surface area (Å²) in [5.41, 5.74) is 0. The van der Waals surface area contributed by atoms with Gasteiger partial charge in [-0.2, -0.15) is 0 Å². The number of likely N-dealkylation sites (N-methyl/N-ethyl adjacent to an activating group) is 1. The van der Waals surface area contributed by atoms with E-state index in [-0.39, 0.29) is 0 Å². The van der Waals surface area contributed by atoms with Crippen LogP contribution >= 0.6 is 0 Å². The Morgan fingerprint density at radius 2 is 2.27 bits per heavy atom. The van der Waals surface area contributed by atoms with Crippen LogP contribution in [0, 0.1) is 0 Å². The summed E-state index contributed by atoms with van der Waals surface area (Å²) in [4.78, 5) is 2.46. The molecule has 3 nitrogen and oxygen atoms in total. The lowest BCUT2D eigenvalue weighted by atomic mass is 10.1. The van der Waals surface area contributed by atoms with E-state index in [1.54, 1.807) is 7.11 Å². The highest BCUT2D eigenvalue weighted by Gasteiger charge is 2.25. The normalized spacial score (nSPS) is 28.6. The molecular formula is C12H26N2O. The van der Waals surface area contributed by atoms with Gasteiger partial charge in [0.05, 0.1) is 6.10 Å². The summed E-state index contributed by atoms with van der Waals surface area (Å²) in [7, 11) is 4.03. The lowest BCUT2D eigenvalue weighted by molar-refractivity contribution is 0.115. The standard InChI is InChI=1S/C12H26N2O/c1-5-6-10(2)14(3)9-11-7-12(15-4)8-13-11/h10-13H,5-9H2,1-4H3. The quantitative estimate of drug-likeness (QED) is 0.725. The first-order valence-corrected chi connectivity index (χ1v) is 6.13. The first-order valence-electron chi connectivity index (χ1n) is 6.13. The first kappa shape index (κ1) is 12.9. The Labute approximate surface area is 94.2 Å². The van der Waals surface area contributed by atoms with Crippen LogP contribution in [0.15, 0.2) is 0 Å². The van der Waals surface area contributed by atoms with Gasteiger partial charge in [0.2, 0.25) is 0 Å². The molecule has 0 spiro atoms. The third-order valence-electron chi connectivity index (χ3n) is 3.48. The SMILES string of the molecule is CCCC(C)N(C)CC1CC(OC)CN1. The average Bonchev–Trinajstić information content (AvgIpc) is 2.66. The van der Waals surface area contributed by atoms with Gasteiger partial charge in [-0.3, -0.25) is 0 Å². The molecule has 15 heavy (non-hydrogen) atoms. The lowest BCUT2D eigenvalue weighted by Gasteiger charge is -2.27. The maximum absolute atomic E-state index is 5.35. The first-order chi connectivity index (χ1) is 7.17. The van der Waals surface area contributed by atoms with Crippen molar-refractivity contribution < 1.29 is 4.74 Å². The summed E-state index contributed by atoms with van der Waals surface area (Å²) in [6.45, 7) is 6.71. The number of rotatable bonds is 6. The Morgan fingerprint density at radius 3 is 2.80 bits per heavy atom. The van der Waals surface area contributed by atoms with E-state index in [1.165, 1.54) is 12.8 Å². The fraction of sp³-hybridized carbons (Fsp3) is 1.00. The molecule has 0 aliphatic carbocycles. The molecule has 1 aliphatic rings.